The maximum atomic E-state index is 10.3. The molecule has 0 aliphatic carbocycles. The van der Waals surface area contributed by atoms with Gasteiger partial charge in [-0.25, -0.2) is 0 Å². The lowest BCUT2D eigenvalue weighted by molar-refractivity contribution is -0.117. The molecule has 1 heteroatoms. The van der Waals surface area contributed by atoms with Gasteiger partial charge in [-0.1, -0.05) is 40.0 Å². The lowest BCUT2D eigenvalue weighted by Gasteiger charge is -1.90. The fourth-order valence-electron chi connectivity index (χ4n) is 0.624. The number of carbonyl (C=O) groups is 1. The van der Waals surface area contributed by atoms with E-state index in [4.69, 9.17) is 0 Å². The number of Topliss-reactive ketones (excluding diaryl/α,β-unsaturated/α-hetero) is 1. The van der Waals surface area contributed by atoms with E-state index >= 15 is 0 Å². The maximum absolute atomic E-state index is 10.3. The first kappa shape index (κ1) is 13.3. The zero-order chi connectivity index (χ0) is 9.11. The third-order valence-corrected chi connectivity index (χ3v) is 1.13. The average molecular weight is 158 g/mol. The second-order valence-corrected chi connectivity index (χ2v) is 2.87. The Morgan fingerprint density at radius 2 is 1.55 bits per heavy atom. The van der Waals surface area contributed by atoms with Crippen LogP contribution in [0.3, 0.4) is 0 Å². The molecule has 0 rings (SSSR count). The summed E-state index contributed by atoms with van der Waals surface area (Å²) in [6.45, 7) is 8.04. The molecule has 0 fully saturated rings. The number of ketones is 1. The molecule has 0 saturated carbocycles. The minimum atomic E-state index is 0.318. The topological polar surface area (TPSA) is 17.1 Å². The molecule has 0 atom stereocenters. The molecule has 0 spiro atoms. The van der Waals surface area contributed by atoms with Gasteiger partial charge in [0.05, 0.1) is 0 Å². The zero-order valence-corrected chi connectivity index (χ0v) is 8.44. The van der Waals surface area contributed by atoms with Gasteiger partial charge in [0.15, 0.2) is 0 Å². The number of rotatable bonds is 4. The Hall–Kier alpha value is -0.330. The summed E-state index contributed by atoms with van der Waals surface area (Å²) in [4.78, 5) is 10.3. The van der Waals surface area contributed by atoms with Crippen molar-refractivity contribution in [3.63, 3.8) is 0 Å². The molecule has 0 aliphatic rings. The van der Waals surface area contributed by atoms with E-state index in [1.54, 1.807) is 6.92 Å². The van der Waals surface area contributed by atoms with Crippen molar-refractivity contribution in [1.29, 1.82) is 0 Å². The van der Waals surface area contributed by atoms with Crippen LogP contribution in [0.1, 0.15) is 59.8 Å². The largest absolute Gasteiger partial charge is 0.300 e. The molecule has 0 N–H and O–H groups in total. The van der Waals surface area contributed by atoms with Crippen LogP contribution in [0.5, 0.6) is 0 Å². The second kappa shape index (κ2) is 12.4. The third-order valence-electron chi connectivity index (χ3n) is 1.13. The van der Waals surface area contributed by atoms with E-state index in [0.29, 0.717) is 5.78 Å². The minimum Gasteiger partial charge on any atom is -0.300 e. The molecule has 0 aliphatic heterocycles. The van der Waals surface area contributed by atoms with Crippen LogP contribution in [0.2, 0.25) is 0 Å². The van der Waals surface area contributed by atoms with E-state index in [9.17, 15) is 4.79 Å². The van der Waals surface area contributed by atoms with Gasteiger partial charge in [0, 0.05) is 6.42 Å². The Balaban J connectivity index is 0. The Labute approximate surface area is 71.2 Å². The second-order valence-electron chi connectivity index (χ2n) is 2.87. The summed E-state index contributed by atoms with van der Waals surface area (Å²) in [5.41, 5.74) is 0. The van der Waals surface area contributed by atoms with Crippen LogP contribution >= 0.6 is 0 Å². The minimum absolute atomic E-state index is 0.318. The van der Waals surface area contributed by atoms with E-state index in [0.717, 1.165) is 12.8 Å². The highest BCUT2D eigenvalue weighted by atomic mass is 16.1. The average Bonchev–Trinajstić information content (AvgIpc) is 1.89. The van der Waals surface area contributed by atoms with Crippen molar-refractivity contribution in [2.24, 2.45) is 0 Å². The highest BCUT2D eigenvalue weighted by molar-refractivity contribution is 5.75. The number of unbranched alkanes of at least 4 members (excludes halogenated alkanes) is 2. The van der Waals surface area contributed by atoms with E-state index < -0.39 is 0 Å². The predicted molar refractivity (Wildman–Crippen MR) is 50.8 cm³/mol. The van der Waals surface area contributed by atoms with Crippen molar-refractivity contribution in [2.45, 2.75) is 59.8 Å². The van der Waals surface area contributed by atoms with Gasteiger partial charge in [-0.05, 0) is 13.3 Å². The van der Waals surface area contributed by atoms with Crippen molar-refractivity contribution < 1.29 is 4.79 Å². The fourth-order valence-corrected chi connectivity index (χ4v) is 0.624. The summed E-state index contributed by atoms with van der Waals surface area (Å²) in [6.07, 6.45) is 5.49. The molecular weight excluding hydrogens is 136 g/mol. The molecule has 0 bridgehead atoms. The van der Waals surface area contributed by atoms with Crippen LogP contribution < -0.4 is 0 Å². The molecule has 0 aromatic rings. The molecule has 0 amide bonds. The van der Waals surface area contributed by atoms with Gasteiger partial charge in [0.25, 0.3) is 0 Å². The fraction of sp³-hybridized carbons (Fsp3) is 0.900. The number of carbonyl (C=O) groups excluding carboxylic acids is 1. The summed E-state index contributed by atoms with van der Waals surface area (Å²) in [5, 5.41) is 0. The molecule has 0 unspecified atom stereocenters. The summed E-state index contributed by atoms with van der Waals surface area (Å²) in [7, 11) is 0. The Morgan fingerprint density at radius 1 is 1.09 bits per heavy atom. The summed E-state index contributed by atoms with van der Waals surface area (Å²) < 4.78 is 0. The lowest BCUT2D eigenvalue weighted by atomic mass is 10.2. The first-order chi connectivity index (χ1) is 5.18. The summed E-state index contributed by atoms with van der Waals surface area (Å²) in [5.74, 6) is 0.318. The quantitative estimate of drug-likeness (QED) is 0.572. The van der Waals surface area contributed by atoms with Crippen LogP contribution in [-0.2, 0) is 4.79 Å². The van der Waals surface area contributed by atoms with Gasteiger partial charge in [0.1, 0.15) is 5.78 Å². The van der Waals surface area contributed by atoms with Crippen LogP contribution in [0.25, 0.3) is 0 Å². The normalized spacial score (nSPS) is 8.36. The van der Waals surface area contributed by atoms with E-state index in [1.165, 1.54) is 19.3 Å². The molecule has 0 saturated heterocycles. The summed E-state index contributed by atoms with van der Waals surface area (Å²) in [6, 6.07) is 0. The number of hydrogen-bond donors (Lipinski definition) is 0. The molecule has 0 aromatic carbocycles. The Morgan fingerprint density at radius 3 is 1.82 bits per heavy atom. The third kappa shape index (κ3) is 26.1. The molecule has 11 heavy (non-hydrogen) atoms. The predicted octanol–water partition coefficient (Wildman–Crippen LogP) is 3.57. The SMILES string of the molecule is CCC.CCCCCC(C)=O. The van der Waals surface area contributed by atoms with Gasteiger partial charge in [-0.15, -0.1) is 0 Å². The standard InChI is InChI=1S/C7H14O.C3H8/c1-3-4-5-6-7(2)8;1-3-2/h3-6H2,1-2H3;3H2,1-2H3. The lowest BCUT2D eigenvalue weighted by Crippen LogP contribution is -1.87. The van der Waals surface area contributed by atoms with Crippen molar-refractivity contribution in [3.8, 4) is 0 Å². The van der Waals surface area contributed by atoms with Crippen LogP contribution in [0, 0.1) is 0 Å². The smallest absolute Gasteiger partial charge is 0.129 e. The van der Waals surface area contributed by atoms with Crippen molar-refractivity contribution in [3.05, 3.63) is 0 Å². The maximum Gasteiger partial charge on any atom is 0.129 e. The summed E-state index contributed by atoms with van der Waals surface area (Å²) >= 11 is 0. The van der Waals surface area contributed by atoms with Gasteiger partial charge in [0.2, 0.25) is 0 Å². The number of hydrogen-bond acceptors (Lipinski definition) is 1. The van der Waals surface area contributed by atoms with Crippen LogP contribution in [0.4, 0.5) is 0 Å². The molecule has 0 heterocycles. The highest BCUT2D eigenvalue weighted by Crippen LogP contribution is 1.98. The van der Waals surface area contributed by atoms with Gasteiger partial charge in [-0.2, -0.15) is 0 Å². The van der Waals surface area contributed by atoms with Crippen molar-refractivity contribution in [2.75, 3.05) is 0 Å². The van der Waals surface area contributed by atoms with Gasteiger partial charge < -0.3 is 4.79 Å². The zero-order valence-electron chi connectivity index (χ0n) is 8.44. The molecular formula is C10H22O. The first-order valence-electron chi connectivity index (χ1n) is 4.68. The van der Waals surface area contributed by atoms with Gasteiger partial charge >= 0.3 is 0 Å². The van der Waals surface area contributed by atoms with Gasteiger partial charge in [-0.3, -0.25) is 0 Å². The Kier molecular flexibility index (Phi) is 14.9. The van der Waals surface area contributed by atoms with E-state index in [-0.39, 0.29) is 0 Å². The van der Waals surface area contributed by atoms with E-state index in [2.05, 4.69) is 20.8 Å². The Bertz CT molecular complexity index is 76.9. The van der Waals surface area contributed by atoms with Crippen molar-refractivity contribution in [1.82, 2.24) is 0 Å². The molecule has 1 nitrogen and oxygen atoms in total. The van der Waals surface area contributed by atoms with E-state index in [1.807, 2.05) is 0 Å². The van der Waals surface area contributed by atoms with Crippen LogP contribution in [0.15, 0.2) is 0 Å². The van der Waals surface area contributed by atoms with Crippen LogP contribution in [-0.4, -0.2) is 5.78 Å². The molecule has 68 valence electrons. The molecule has 0 aromatic heterocycles. The monoisotopic (exact) mass is 158 g/mol. The molecule has 0 radical (unpaired) electrons. The highest BCUT2D eigenvalue weighted by Gasteiger charge is 1.89. The van der Waals surface area contributed by atoms with Crippen molar-refractivity contribution >= 4 is 5.78 Å². The first-order valence-corrected chi connectivity index (χ1v) is 4.68.